The van der Waals surface area contributed by atoms with Crippen LogP contribution in [0, 0.1) is 0 Å². The molecule has 4 rings (SSSR count). The molecule has 1 amide bonds. The van der Waals surface area contributed by atoms with Crippen molar-refractivity contribution >= 4 is 74.7 Å². The number of rotatable bonds is 10. The van der Waals surface area contributed by atoms with Crippen LogP contribution in [0.3, 0.4) is 0 Å². The molecule has 0 spiro atoms. The molecule has 3 aromatic carbocycles. The van der Waals surface area contributed by atoms with Crippen molar-refractivity contribution in [1.29, 1.82) is 0 Å². The molecule has 1 heterocycles. The van der Waals surface area contributed by atoms with Gasteiger partial charge in [0.2, 0.25) is 11.1 Å². The van der Waals surface area contributed by atoms with Gasteiger partial charge in [-0.25, -0.2) is 10.1 Å². The van der Waals surface area contributed by atoms with E-state index in [4.69, 9.17) is 33.8 Å². The molecule has 0 radical (unpaired) electrons. The average Bonchev–Trinajstić information content (AvgIpc) is 3.24. The first-order valence-corrected chi connectivity index (χ1v) is 13.3. The van der Waals surface area contributed by atoms with Gasteiger partial charge in [0.25, 0.3) is 5.95 Å². The van der Waals surface area contributed by atoms with Crippen molar-refractivity contribution in [3.63, 3.8) is 0 Å². The number of halogens is 3. The van der Waals surface area contributed by atoms with Gasteiger partial charge < -0.3 is 15.9 Å². The van der Waals surface area contributed by atoms with Crippen molar-refractivity contribution in [3.8, 4) is 5.75 Å². The normalized spacial score (nSPS) is 11.0. The molecule has 0 atom stereocenters. The Morgan fingerprint density at radius 2 is 1.95 bits per heavy atom. The number of nitrogens with one attached hydrogen (secondary N) is 2. The van der Waals surface area contributed by atoms with Gasteiger partial charge in [0.1, 0.15) is 12.4 Å². The first-order valence-electron chi connectivity index (χ1n) is 10.7. The van der Waals surface area contributed by atoms with Crippen LogP contribution < -0.4 is 21.3 Å². The molecule has 0 fully saturated rings. The minimum atomic E-state index is -0.302. The summed E-state index contributed by atoms with van der Waals surface area (Å²) in [5.74, 6) is 6.65. The number of benzene rings is 3. The van der Waals surface area contributed by atoms with Crippen molar-refractivity contribution in [1.82, 2.24) is 14.9 Å². The summed E-state index contributed by atoms with van der Waals surface area (Å²) in [6.07, 6.45) is 1.60. The molecular formula is C24H20BrCl2N7O2S. The van der Waals surface area contributed by atoms with Gasteiger partial charge in [-0.1, -0.05) is 81.2 Å². The van der Waals surface area contributed by atoms with Crippen LogP contribution in [0.2, 0.25) is 10.0 Å². The van der Waals surface area contributed by atoms with Crippen LogP contribution >= 0.6 is 50.9 Å². The van der Waals surface area contributed by atoms with Crippen LogP contribution in [0.1, 0.15) is 11.1 Å². The number of carbonyl (C=O) groups is 1. The van der Waals surface area contributed by atoms with Crippen LogP contribution in [0.4, 0.5) is 11.6 Å². The highest BCUT2D eigenvalue weighted by atomic mass is 79.9. The molecule has 0 aliphatic rings. The molecular weight excluding hydrogens is 601 g/mol. The highest BCUT2D eigenvalue weighted by Gasteiger charge is 2.13. The van der Waals surface area contributed by atoms with Crippen LogP contribution in [-0.4, -0.2) is 32.7 Å². The smallest absolute Gasteiger partial charge is 0.264 e. The van der Waals surface area contributed by atoms with Gasteiger partial charge in [0.15, 0.2) is 0 Å². The first kappa shape index (κ1) is 26.8. The van der Waals surface area contributed by atoms with Crippen LogP contribution in [0.25, 0.3) is 0 Å². The number of thioether (sulfide) groups is 1. The predicted molar refractivity (Wildman–Crippen MR) is 152 cm³/mol. The second kappa shape index (κ2) is 12.8. The molecule has 0 saturated heterocycles. The van der Waals surface area contributed by atoms with Crippen LogP contribution in [-0.2, 0) is 11.4 Å². The molecule has 0 saturated carbocycles. The molecule has 190 valence electrons. The quantitative estimate of drug-likeness (QED) is 0.0885. The molecule has 4 N–H and O–H groups in total. The minimum absolute atomic E-state index is 0.0319. The Labute approximate surface area is 235 Å². The number of nitrogens with zero attached hydrogens (tertiary/aromatic N) is 4. The summed E-state index contributed by atoms with van der Waals surface area (Å²) in [7, 11) is 0. The van der Waals surface area contributed by atoms with Crippen molar-refractivity contribution in [2.45, 2.75) is 11.8 Å². The number of nitrogen functional groups attached to an aromatic ring is 1. The van der Waals surface area contributed by atoms with Crippen LogP contribution in [0.5, 0.6) is 5.75 Å². The molecule has 4 aromatic rings. The predicted octanol–water partition coefficient (Wildman–Crippen LogP) is 5.82. The summed E-state index contributed by atoms with van der Waals surface area (Å²) >= 11 is 16.6. The molecule has 37 heavy (non-hydrogen) atoms. The number of hydrazone groups is 1. The summed E-state index contributed by atoms with van der Waals surface area (Å²) in [4.78, 5) is 12.3. The fraction of sp³-hybridized carbons (Fsp3) is 0.0833. The van der Waals surface area contributed by atoms with Gasteiger partial charge in [-0.3, -0.25) is 4.79 Å². The number of para-hydroxylation sites is 1. The molecule has 13 heteroatoms. The lowest BCUT2D eigenvalue weighted by Crippen LogP contribution is -2.17. The lowest BCUT2D eigenvalue weighted by Gasteiger charge is -2.09. The molecule has 9 nitrogen and oxygen atoms in total. The van der Waals surface area contributed by atoms with Gasteiger partial charge in [0.05, 0.1) is 27.7 Å². The summed E-state index contributed by atoms with van der Waals surface area (Å²) in [5.41, 5.74) is 4.98. The van der Waals surface area contributed by atoms with Gasteiger partial charge in [-0.2, -0.15) is 5.10 Å². The highest BCUT2D eigenvalue weighted by molar-refractivity contribution is 9.10. The monoisotopic (exact) mass is 619 g/mol. The zero-order chi connectivity index (χ0) is 26.2. The van der Waals surface area contributed by atoms with Crippen molar-refractivity contribution in [3.05, 3.63) is 92.4 Å². The third-order valence-corrected chi connectivity index (χ3v) is 7.05. The summed E-state index contributed by atoms with van der Waals surface area (Å²) in [5, 5.41) is 15.8. The van der Waals surface area contributed by atoms with E-state index in [2.05, 4.69) is 42.0 Å². The third-order valence-electron chi connectivity index (χ3n) is 4.79. The number of hydrogen-bond donors (Lipinski definition) is 3. The summed E-state index contributed by atoms with van der Waals surface area (Å²) < 4.78 is 8.16. The lowest BCUT2D eigenvalue weighted by atomic mass is 10.2. The molecule has 1 aromatic heterocycles. The number of carbonyl (C=O) groups excluding carboxylic acids is 1. The maximum absolute atomic E-state index is 12.3. The number of anilines is 2. The van der Waals surface area contributed by atoms with E-state index in [1.54, 1.807) is 24.4 Å². The maximum Gasteiger partial charge on any atom is 0.264 e. The number of aromatic nitrogens is 3. The zero-order valence-corrected chi connectivity index (χ0v) is 23.0. The first-order chi connectivity index (χ1) is 17.9. The Kier molecular flexibility index (Phi) is 9.29. The largest absolute Gasteiger partial charge is 0.488 e. The Bertz CT molecular complexity index is 1430. The Hall–Kier alpha value is -3.25. The van der Waals surface area contributed by atoms with E-state index in [-0.39, 0.29) is 22.6 Å². The van der Waals surface area contributed by atoms with E-state index in [9.17, 15) is 4.79 Å². The van der Waals surface area contributed by atoms with Gasteiger partial charge in [0, 0.05) is 10.0 Å². The molecule has 0 aliphatic carbocycles. The summed E-state index contributed by atoms with van der Waals surface area (Å²) in [6.45, 7) is 0.409. The lowest BCUT2D eigenvalue weighted by molar-refractivity contribution is -0.113. The minimum Gasteiger partial charge on any atom is -0.488 e. The Morgan fingerprint density at radius 3 is 2.78 bits per heavy atom. The van der Waals surface area contributed by atoms with E-state index >= 15 is 0 Å². The van der Waals surface area contributed by atoms with E-state index < -0.39 is 0 Å². The fourth-order valence-electron chi connectivity index (χ4n) is 3.03. The zero-order valence-electron chi connectivity index (χ0n) is 19.1. The standard InChI is InChI=1S/C24H20BrCl2N7O2S/c25-17-7-3-5-15(11-17)13-36-20-10-2-1-6-16(20)12-29-31-23-32-33-24(34(23)28)37-14-21(35)30-19-9-4-8-18(26)22(19)27/h1-12H,13-14,28H2,(H,30,35)(H,31,32)/b29-12+. The number of amides is 1. The van der Waals surface area contributed by atoms with Crippen molar-refractivity contribution < 1.29 is 9.53 Å². The van der Waals surface area contributed by atoms with Gasteiger partial charge in [-0.05, 0) is 42.0 Å². The number of hydrogen-bond acceptors (Lipinski definition) is 8. The maximum atomic E-state index is 12.3. The Morgan fingerprint density at radius 1 is 1.14 bits per heavy atom. The van der Waals surface area contributed by atoms with E-state index in [1.165, 1.54) is 4.68 Å². The molecule has 0 unspecified atom stereocenters. The molecule has 0 aliphatic heterocycles. The number of ether oxygens (including phenoxy) is 1. The SMILES string of the molecule is Nn1c(N/N=C/c2ccccc2OCc2cccc(Br)c2)nnc1SCC(=O)Nc1cccc(Cl)c1Cl. The fourth-order valence-corrected chi connectivity index (χ4v) is 4.49. The Balaban J connectivity index is 1.32. The second-order valence-electron chi connectivity index (χ2n) is 7.44. The van der Waals surface area contributed by atoms with Gasteiger partial charge in [-0.15, -0.1) is 10.2 Å². The summed E-state index contributed by atoms with van der Waals surface area (Å²) in [6, 6.07) is 20.4. The van der Waals surface area contributed by atoms with E-state index in [0.29, 0.717) is 28.2 Å². The van der Waals surface area contributed by atoms with E-state index in [0.717, 1.165) is 27.4 Å². The average molecular weight is 621 g/mol. The van der Waals surface area contributed by atoms with Crippen molar-refractivity contribution in [2.24, 2.45) is 5.10 Å². The van der Waals surface area contributed by atoms with Crippen molar-refractivity contribution in [2.75, 3.05) is 22.3 Å². The highest BCUT2D eigenvalue weighted by Crippen LogP contribution is 2.29. The number of nitrogens with two attached hydrogens (primary N) is 1. The van der Waals surface area contributed by atoms with E-state index in [1.807, 2.05) is 48.5 Å². The topological polar surface area (TPSA) is 119 Å². The molecule has 0 bridgehead atoms. The van der Waals surface area contributed by atoms with Crippen LogP contribution in [0.15, 0.2) is 81.5 Å². The van der Waals surface area contributed by atoms with Gasteiger partial charge >= 0.3 is 0 Å². The third kappa shape index (κ3) is 7.39. The second-order valence-corrected chi connectivity index (χ2v) is 10.1.